The molecule has 0 atom stereocenters. The molecular weight excluding hydrogens is 354 g/mol. The predicted molar refractivity (Wildman–Crippen MR) is 124 cm³/mol. The molecule has 0 radical (unpaired) electrons. The zero-order valence-electron chi connectivity index (χ0n) is 18.8. The van der Waals surface area contributed by atoms with E-state index >= 15 is 0 Å². The van der Waals surface area contributed by atoms with Crippen LogP contribution in [0.15, 0.2) is 30.7 Å². The summed E-state index contributed by atoms with van der Waals surface area (Å²) in [6, 6.07) is 4.26. The highest BCUT2D eigenvalue weighted by molar-refractivity contribution is 5.53. The second-order valence-corrected chi connectivity index (χ2v) is 8.34. The normalized spacial score (nSPS) is 11.1. The molecule has 0 unspecified atom stereocenters. The number of unbranched alkanes of at least 4 members (excludes halogenated alkanes) is 11. The lowest BCUT2D eigenvalue weighted by Crippen LogP contribution is -1.95. The molecule has 3 heteroatoms. The number of aryl methyl sites for hydroxylation is 2. The van der Waals surface area contributed by atoms with E-state index in [1.54, 1.807) is 0 Å². The van der Waals surface area contributed by atoms with Gasteiger partial charge >= 0.3 is 0 Å². The Morgan fingerprint density at radius 3 is 1.66 bits per heavy atom. The third kappa shape index (κ3) is 10.0. The van der Waals surface area contributed by atoms with Gasteiger partial charge in [0.25, 0.3) is 0 Å². The van der Waals surface area contributed by atoms with Crippen LogP contribution in [0.3, 0.4) is 0 Å². The zero-order chi connectivity index (χ0) is 20.6. The lowest BCUT2D eigenvalue weighted by Gasteiger charge is -2.05. The first kappa shape index (κ1) is 23.5. The van der Waals surface area contributed by atoms with Crippen LogP contribution in [0, 0.1) is 0 Å². The lowest BCUT2D eigenvalue weighted by atomic mass is 10.1. The monoisotopic (exact) mass is 395 g/mol. The third-order valence-corrected chi connectivity index (χ3v) is 5.64. The molecular formula is C26H41N3. The summed E-state index contributed by atoms with van der Waals surface area (Å²) in [5.41, 5.74) is 3.44. The lowest BCUT2D eigenvalue weighted by molar-refractivity contribution is 0.587. The molecule has 0 aliphatic rings. The Kier molecular flexibility index (Phi) is 12.3. The van der Waals surface area contributed by atoms with E-state index in [1.807, 2.05) is 18.6 Å². The fourth-order valence-electron chi connectivity index (χ4n) is 3.71. The van der Waals surface area contributed by atoms with Gasteiger partial charge in [-0.05, 0) is 43.4 Å². The van der Waals surface area contributed by atoms with Crippen LogP contribution >= 0.6 is 0 Å². The van der Waals surface area contributed by atoms with Crippen molar-refractivity contribution < 1.29 is 0 Å². The molecule has 2 aromatic heterocycles. The molecule has 0 aliphatic heterocycles. The Morgan fingerprint density at radius 2 is 1.10 bits per heavy atom. The summed E-state index contributed by atoms with van der Waals surface area (Å²) in [4.78, 5) is 13.8. The summed E-state index contributed by atoms with van der Waals surface area (Å²) >= 11 is 0. The van der Waals surface area contributed by atoms with Gasteiger partial charge in [0, 0.05) is 29.8 Å². The van der Waals surface area contributed by atoms with E-state index in [1.165, 1.54) is 94.7 Å². The van der Waals surface area contributed by atoms with Gasteiger partial charge in [-0.2, -0.15) is 0 Å². The van der Waals surface area contributed by atoms with Crippen molar-refractivity contribution in [1.29, 1.82) is 0 Å². The maximum absolute atomic E-state index is 4.63. The molecule has 0 amide bonds. The average molecular weight is 396 g/mol. The predicted octanol–water partition coefficient (Wildman–Crippen LogP) is 7.73. The van der Waals surface area contributed by atoms with E-state index in [9.17, 15) is 0 Å². The van der Waals surface area contributed by atoms with Gasteiger partial charge in [0.15, 0.2) is 5.82 Å². The van der Waals surface area contributed by atoms with Crippen molar-refractivity contribution in [1.82, 2.24) is 15.0 Å². The summed E-state index contributed by atoms with van der Waals surface area (Å²) in [6.45, 7) is 4.53. The van der Waals surface area contributed by atoms with Crippen molar-refractivity contribution in [2.75, 3.05) is 0 Å². The van der Waals surface area contributed by atoms with Crippen molar-refractivity contribution >= 4 is 0 Å². The van der Waals surface area contributed by atoms with Gasteiger partial charge in [-0.15, -0.1) is 0 Å². The van der Waals surface area contributed by atoms with Crippen LogP contribution in [-0.2, 0) is 12.8 Å². The Hall–Kier alpha value is -1.77. The van der Waals surface area contributed by atoms with E-state index in [-0.39, 0.29) is 0 Å². The number of aromatic nitrogens is 3. The molecule has 0 saturated carbocycles. The van der Waals surface area contributed by atoms with E-state index < -0.39 is 0 Å². The van der Waals surface area contributed by atoms with Crippen LogP contribution in [0.25, 0.3) is 11.4 Å². The zero-order valence-corrected chi connectivity index (χ0v) is 18.8. The molecule has 0 N–H and O–H groups in total. The third-order valence-electron chi connectivity index (χ3n) is 5.64. The number of nitrogens with zero attached hydrogens (tertiary/aromatic N) is 3. The largest absolute Gasteiger partial charge is 0.261 e. The minimum atomic E-state index is 0.784. The van der Waals surface area contributed by atoms with Crippen molar-refractivity contribution in [3.8, 4) is 11.4 Å². The van der Waals surface area contributed by atoms with Gasteiger partial charge in [0.2, 0.25) is 0 Å². The van der Waals surface area contributed by atoms with E-state index in [4.69, 9.17) is 0 Å². The number of hydrogen-bond donors (Lipinski definition) is 0. The first-order valence-electron chi connectivity index (χ1n) is 12.1. The van der Waals surface area contributed by atoms with Crippen LogP contribution in [0.5, 0.6) is 0 Å². The number of hydrogen-bond acceptors (Lipinski definition) is 3. The van der Waals surface area contributed by atoms with E-state index in [0.29, 0.717) is 0 Å². The minimum Gasteiger partial charge on any atom is -0.261 e. The Bertz CT molecular complexity index is 634. The molecule has 160 valence electrons. The first-order valence-corrected chi connectivity index (χ1v) is 12.1. The topological polar surface area (TPSA) is 38.7 Å². The van der Waals surface area contributed by atoms with Gasteiger partial charge in [-0.3, -0.25) is 4.98 Å². The maximum atomic E-state index is 4.63. The molecule has 3 nitrogen and oxygen atoms in total. The van der Waals surface area contributed by atoms with Crippen molar-refractivity contribution in [3.63, 3.8) is 0 Å². The number of pyridine rings is 1. The van der Waals surface area contributed by atoms with E-state index in [2.05, 4.69) is 40.9 Å². The second-order valence-electron chi connectivity index (χ2n) is 8.34. The molecule has 2 rings (SSSR count). The van der Waals surface area contributed by atoms with Crippen LogP contribution in [0.4, 0.5) is 0 Å². The molecule has 0 aliphatic carbocycles. The number of rotatable bonds is 16. The van der Waals surface area contributed by atoms with Gasteiger partial charge in [-0.1, -0.05) is 84.5 Å². The Morgan fingerprint density at radius 1 is 0.552 bits per heavy atom. The summed E-state index contributed by atoms with van der Waals surface area (Å²) in [5.74, 6) is 0.784. The molecule has 0 saturated heterocycles. The van der Waals surface area contributed by atoms with Crippen LogP contribution in [-0.4, -0.2) is 15.0 Å². The molecule has 2 heterocycles. The summed E-state index contributed by atoms with van der Waals surface area (Å²) in [7, 11) is 0. The highest BCUT2D eigenvalue weighted by atomic mass is 14.9. The van der Waals surface area contributed by atoms with Gasteiger partial charge < -0.3 is 0 Å². The maximum Gasteiger partial charge on any atom is 0.160 e. The summed E-state index contributed by atoms with van der Waals surface area (Å²) in [5, 5.41) is 0. The van der Waals surface area contributed by atoms with Gasteiger partial charge in [-0.25, -0.2) is 9.97 Å². The summed E-state index contributed by atoms with van der Waals surface area (Å²) in [6.07, 6.45) is 25.4. The quantitative estimate of drug-likeness (QED) is 0.273. The Balaban J connectivity index is 1.68. The minimum absolute atomic E-state index is 0.784. The van der Waals surface area contributed by atoms with Crippen LogP contribution in [0.2, 0.25) is 0 Å². The molecule has 0 aromatic carbocycles. The van der Waals surface area contributed by atoms with Gasteiger partial charge in [0.05, 0.1) is 0 Å². The SMILES string of the molecule is CCCCCCCCCc1ccc(-c2ncc(CCCCCCCC)cn2)cn1. The standard InChI is InChI=1S/C26H41N3/c1-3-5-7-9-11-13-15-17-25-19-18-24(22-27-25)26-28-20-23(21-29-26)16-14-12-10-8-6-4-2/h18-22H,3-17H2,1-2H3. The van der Waals surface area contributed by atoms with E-state index in [0.717, 1.165) is 24.2 Å². The highest BCUT2D eigenvalue weighted by Gasteiger charge is 2.04. The van der Waals surface area contributed by atoms with Crippen LogP contribution in [0.1, 0.15) is 109 Å². The van der Waals surface area contributed by atoms with Crippen molar-refractivity contribution in [3.05, 3.63) is 42.0 Å². The summed E-state index contributed by atoms with van der Waals surface area (Å²) < 4.78 is 0. The molecule has 29 heavy (non-hydrogen) atoms. The first-order chi connectivity index (χ1) is 14.3. The van der Waals surface area contributed by atoms with Crippen LogP contribution < -0.4 is 0 Å². The average Bonchev–Trinajstić information content (AvgIpc) is 2.76. The molecule has 0 fully saturated rings. The second kappa shape index (κ2) is 15.1. The fraction of sp³-hybridized carbons (Fsp3) is 0.654. The highest BCUT2D eigenvalue weighted by Crippen LogP contribution is 2.16. The van der Waals surface area contributed by atoms with Gasteiger partial charge in [0.1, 0.15) is 0 Å². The fourth-order valence-corrected chi connectivity index (χ4v) is 3.71. The molecule has 2 aromatic rings. The van der Waals surface area contributed by atoms with Crippen molar-refractivity contribution in [2.45, 2.75) is 110 Å². The molecule has 0 spiro atoms. The van der Waals surface area contributed by atoms with Crippen molar-refractivity contribution in [2.24, 2.45) is 0 Å². The molecule has 0 bridgehead atoms. The smallest absolute Gasteiger partial charge is 0.160 e. The Labute approximate surface area is 178 Å².